The summed E-state index contributed by atoms with van der Waals surface area (Å²) in [5.74, 6) is 1.63. The summed E-state index contributed by atoms with van der Waals surface area (Å²) in [5, 5.41) is 3.83. The SMILES string of the molecule is CCCCCCNC1CCc2cccc(COCCCCC(CC)c3ccccc3OCCC)c2C1. The number of benzene rings is 2. The molecule has 0 radical (unpaired) electrons. The number of rotatable bonds is 18. The van der Waals surface area contributed by atoms with Crippen molar-refractivity contribution in [1.82, 2.24) is 5.32 Å². The molecule has 0 fully saturated rings. The van der Waals surface area contributed by atoms with E-state index in [1.54, 1.807) is 5.56 Å². The van der Waals surface area contributed by atoms with Crippen molar-refractivity contribution in [3.8, 4) is 5.75 Å². The van der Waals surface area contributed by atoms with Crippen LogP contribution in [0.25, 0.3) is 0 Å². The van der Waals surface area contributed by atoms with Gasteiger partial charge >= 0.3 is 0 Å². The van der Waals surface area contributed by atoms with Gasteiger partial charge in [-0.05, 0) is 92.1 Å². The highest BCUT2D eigenvalue weighted by Gasteiger charge is 2.20. The molecule has 2 unspecified atom stereocenters. The summed E-state index contributed by atoms with van der Waals surface area (Å²) in [6.07, 6.45) is 14.6. The Bertz CT molecular complexity index is 865. The molecule has 0 aromatic heterocycles. The van der Waals surface area contributed by atoms with Gasteiger partial charge in [0.15, 0.2) is 0 Å². The fourth-order valence-electron chi connectivity index (χ4n) is 5.55. The molecule has 36 heavy (non-hydrogen) atoms. The first kappa shape index (κ1) is 28.7. The Hall–Kier alpha value is -1.84. The van der Waals surface area contributed by atoms with Crippen LogP contribution in [0.15, 0.2) is 42.5 Å². The van der Waals surface area contributed by atoms with Gasteiger partial charge in [0.1, 0.15) is 5.75 Å². The Labute approximate surface area is 221 Å². The monoisotopic (exact) mass is 493 g/mol. The minimum absolute atomic E-state index is 0.561. The summed E-state index contributed by atoms with van der Waals surface area (Å²) in [7, 11) is 0. The van der Waals surface area contributed by atoms with Gasteiger partial charge < -0.3 is 14.8 Å². The molecule has 0 aliphatic heterocycles. The highest BCUT2D eigenvalue weighted by Crippen LogP contribution is 2.33. The summed E-state index contributed by atoms with van der Waals surface area (Å²) in [4.78, 5) is 0. The molecule has 0 saturated carbocycles. The number of para-hydroxylation sites is 1. The molecule has 0 spiro atoms. The van der Waals surface area contributed by atoms with E-state index in [0.717, 1.165) is 57.8 Å². The van der Waals surface area contributed by atoms with Gasteiger partial charge in [-0.2, -0.15) is 0 Å². The molecule has 0 amide bonds. The summed E-state index contributed by atoms with van der Waals surface area (Å²) in [5.41, 5.74) is 5.86. The molecule has 2 aromatic carbocycles. The van der Waals surface area contributed by atoms with E-state index < -0.39 is 0 Å². The lowest BCUT2D eigenvalue weighted by atomic mass is 9.85. The van der Waals surface area contributed by atoms with Crippen molar-refractivity contribution < 1.29 is 9.47 Å². The van der Waals surface area contributed by atoms with Gasteiger partial charge in [0.25, 0.3) is 0 Å². The predicted molar refractivity (Wildman–Crippen MR) is 153 cm³/mol. The highest BCUT2D eigenvalue weighted by molar-refractivity contribution is 5.38. The third-order valence-corrected chi connectivity index (χ3v) is 7.71. The number of aryl methyl sites for hydroxylation is 1. The Morgan fingerprint density at radius 1 is 0.889 bits per heavy atom. The van der Waals surface area contributed by atoms with E-state index in [2.05, 4.69) is 68.6 Å². The third-order valence-electron chi connectivity index (χ3n) is 7.71. The van der Waals surface area contributed by atoms with Crippen molar-refractivity contribution >= 4 is 0 Å². The summed E-state index contributed by atoms with van der Waals surface area (Å²) in [6, 6.07) is 16.1. The van der Waals surface area contributed by atoms with E-state index in [0.29, 0.717) is 12.0 Å². The number of hydrogen-bond acceptors (Lipinski definition) is 3. The van der Waals surface area contributed by atoms with Crippen molar-refractivity contribution in [3.63, 3.8) is 0 Å². The molecule has 1 N–H and O–H groups in total. The number of unbranched alkanes of at least 4 members (excludes halogenated alkanes) is 4. The molecule has 1 aliphatic carbocycles. The van der Waals surface area contributed by atoms with Crippen LogP contribution in [0.3, 0.4) is 0 Å². The zero-order valence-electron chi connectivity index (χ0n) is 23.3. The number of nitrogens with one attached hydrogen (secondary N) is 1. The zero-order valence-corrected chi connectivity index (χ0v) is 23.3. The molecule has 3 nitrogen and oxygen atoms in total. The van der Waals surface area contributed by atoms with Crippen LogP contribution in [0.2, 0.25) is 0 Å². The summed E-state index contributed by atoms with van der Waals surface area (Å²) in [6.45, 7) is 10.3. The van der Waals surface area contributed by atoms with Crippen molar-refractivity contribution in [2.24, 2.45) is 0 Å². The molecule has 200 valence electrons. The van der Waals surface area contributed by atoms with E-state index in [9.17, 15) is 0 Å². The van der Waals surface area contributed by atoms with Gasteiger partial charge in [0.2, 0.25) is 0 Å². The maximum atomic E-state index is 6.20. The number of hydrogen-bond donors (Lipinski definition) is 1. The van der Waals surface area contributed by atoms with E-state index in [1.807, 2.05) is 0 Å². The van der Waals surface area contributed by atoms with Crippen molar-refractivity contribution in [2.45, 2.75) is 116 Å². The van der Waals surface area contributed by atoms with Crippen LogP contribution in [0.5, 0.6) is 5.75 Å². The first-order valence-electron chi connectivity index (χ1n) is 14.9. The molecule has 2 atom stereocenters. The normalized spacial score (nSPS) is 16.0. The standard InChI is InChI=1S/C33H51NO2/c1-4-7-8-12-22-34-30-21-20-28-16-14-17-29(32(28)25-30)26-35-24-13-11-15-27(6-3)31-18-9-10-19-33(31)36-23-5-2/h9-10,14,16-19,27,30,34H,4-8,11-13,15,20-26H2,1-3H3. The average molecular weight is 494 g/mol. The molecular formula is C33H51NO2. The molecule has 1 aliphatic rings. The Balaban J connectivity index is 1.40. The lowest BCUT2D eigenvalue weighted by Crippen LogP contribution is -2.35. The Kier molecular flexibility index (Phi) is 13.4. The molecule has 3 heteroatoms. The van der Waals surface area contributed by atoms with Gasteiger partial charge in [-0.15, -0.1) is 0 Å². The lowest BCUT2D eigenvalue weighted by Gasteiger charge is -2.27. The number of ether oxygens (including phenoxy) is 2. The van der Waals surface area contributed by atoms with E-state index in [-0.39, 0.29) is 0 Å². The highest BCUT2D eigenvalue weighted by atomic mass is 16.5. The van der Waals surface area contributed by atoms with E-state index in [1.165, 1.54) is 68.1 Å². The van der Waals surface area contributed by atoms with Crippen LogP contribution in [-0.2, 0) is 24.2 Å². The topological polar surface area (TPSA) is 30.5 Å². The van der Waals surface area contributed by atoms with Gasteiger partial charge in [-0.25, -0.2) is 0 Å². The summed E-state index contributed by atoms with van der Waals surface area (Å²) < 4.78 is 12.2. The molecule has 0 heterocycles. The smallest absolute Gasteiger partial charge is 0.122 e. The Morgan fingerprint density at radius 3 is 2.61 bits per heavy atom. The van der Waals surface area contributed by atoms with E-state index in [4.69, 9.17) is 9.47 Å². The van der Waals surface area contributed by atoms with Crippen LogP contribution in [0.1, 0.15) is 113 Å². The van der Waals surface area contributed by atoms with Crippen LogP contribution in [-0.4, -0.2) is 25.8 Å². The second kappa shape index (κ2) is 16.8. The van der Waals surface area contributed by atoms with Crippen molar-refractivity contribution in [2.75, 3.05) is 19.8 Å². The minimum atomic E-state index is 0.561. The van der Waals surface area contributed by atoms with Crippen molar-refractivity contribution in [1.29, 1.82) is 0 Å². The van der Waals surface area contributed by atoms with Crippen LogP contribution in [0, 0.1) is 0 Å². The van der Waals surface area contributed by atoms with Gasteiger partial charge in [-0.3, -0.25) is 0 Å². The molecule has 2 aromatic rings. The fourth-order valence-corrected chi connectivity index (χ4v) is 5.55. The Morgan fingerprint density at radius 2 is 1.78 bits per heavy atom. The first-order chi connectivity index (χ1) is 17.8. The predicted octanol–water partition coefficient (Wildman–Crippen LogP) is 8.38. The van der Waals surface area contributed by atoms with Gasteiger partial charge in [0.05, 0.1) is 13.2 Å². The maximum absolute atomic E-state index is 6.20. The van der Waals surface area contributed by atoms with Crippen LogP contribution < -0.4 is 10.1 Å². The molecule has 0 bridgehead atoms. The average Bonchev–Trinajstić information content (AvgIpc) is 2.92. The number of fused-ring (bicyclic) bond motifs is 1. The molecule has 3 rings (SSSR count). The van der Waals surface area contributed by atoms with Crippen molar-refractivity contribution in [3.05, 3.63) is 64.7 Å². The lowest BCUT2D eigenvalue weighted by molar-refractivity contribution is 0.115. The second-order valence-corrected chi connectivity index (χ2v) is 10.5. The first-order valence-corrected chi connectivity index (χ1v) is 14.9. The fraction of sp³-hybridized carbons (Fsp3) is 0.636. The minimum Gasteiger partial charge on any atom is -0.493 e. The molecular weight excluding hydrogens is 442 g/mol. The third kappa shape index (κ3) is 9.23. The van der Waals surface area contributed by atoms with Gasteiger partial charge in [-0.1, -0.05) is 82.9 Å². The zero-order chi connectivity index (χ0) is 25.4. The quantitative estimate of drug-likeness (QED) is 0.212. The molecule has 0 saturated heterocycles. The van der Waals surface area contributed by atoms with Crippen LogP contribution in [0.4, 0.5) is 0 Å². The maximum Gasteiger partial charge on any atom is 0.122 e. The largest absolute Gasteiger partial charge is 0.493 e. The van der Waals surface area contributed by atoms with Gasteiger partial charge in [0, 0.05) is 12.6 Å². The van der Waals surface area contributed by atoms with E-state index >= 15 is 0 Å². The van der Waals surface area contributed by atoms with Crippen LogP contribution >= 0.6 is 0 Å². The second-order valence-electron chi connectivity index (χ2n) is 10.5. The summed E-state index contributed by atoms with van der Waals surface area (Å²) >= 11 is 0.